The van der Waals surface area contributed by atoms with Gasteiger partial charge in [0.1, 0.15) is 0 Å². The Bertz CT molecular complexity index is 283. The summed E-state index contributed by atoms with van der Waals surface area (Å²) in [7, 11) is 0. The molecule has 98 valence electrons. The topological polar surface area (TPSA) is 38.5 Å². The molecule has 1 saturated heterocycles. The number of nitrogens with two attached hydrogens (primary N) is 1. The predicted octanol–water partition coefficient (Wildman–Crippen LogP) is 1.76. The van der Waals surface area contributed by atoms with Crippen LogP contribution in [0.3, 0.4) is 0 Å². The summed E-state index contributed by atoms with van der Waals surface area (Å²) in [6, 6.07) is 0.660. The molecule has 1 aliphatic heterocycles. The standard InChI is InChI=1S/C14H26N2O/c1-11-4-3-7-14(11,10-15)16-8-9-17-13-6-2-5-12(13)16/h11-13H,2-10,15H2,1H3. The smallest absolute Gasteiger partial charge is 0.0731 e. The molecule has 3 fully saturated rings. The summed E-state index contributed by atoms with van der Waals surface area (Å²) < 4.78 is 5.93. The maximum absolute atomic E-state index is 6.19. The van der Waals surface area contributed by atoms with Crippen LogP contribution in [0, 0.1) is 5.92 Å². The maximum atomic E-state index is 6.19. The molecular weight excluding hydrogens is 212 g/mol. The van der Waals surface area contributed by atoms with Crippen LogP contribution in [0.25, 0.3) is 0 Å². The van der Waals surface area contributed by atoms with E-state index >= 15 is 0 Å². The predicted molar refractivity (Wildman–Crippen MR) is 68.9 cm³/mol. The Morgan fingerprint density at radius 2 is 2.18 bits per heavy atom. The summed E-state index contributed by atoms with van der Waals surface area (Å²) in [4.78, 5) is 2.76. The normalized spacial score (nSPS) is 47.3. The van der Waals surface area contributed by atoms with Crippen molar-refractivity contribution in [3.05, 3.63) is 0 Å². The number of rotatable bonds is 2. The first-order valence-corrected chi connectivity index (χ1v) is 7.36. The molecule has 2 saturated carbocycles. The van der Waals surface area contributed by atoms with Gasteiger partial charge in [-0.3, -0.25) is 4.90 Å². The molecule has 0 bridgehead atoms. The number of hydrogen-bond acceptors (Lipinski definition) is 3. The van der Waals surface area contributed by atoms with Gasteiger partial charge >= 0.3 is 0 Å². The quantitative estimate of drug-likeness (QED) is 0.796. The van der Waals surface area contributed by atoms with Gasteiger partial charge in [0.25, 0.3) is 0 Å². The van der Waals surface area contributed by atoms with Crippen molar-refractivity contribution in [2.45, 2.75) is 63.1 Å². The molecule has 0 spiro atoms. The van der Waals surface area contributed by atoms with Crippen molar-refractivity contribution in [2.75, 3.05) is 19.7 Å². The third-order valence-electron chi connectivity index (χ3n) is 5.57. The van der Waals surface area contributed by atoms with Crippen LogP contribution < -0.4 is 5.73 Å². The second-order valence-electron chi connectivity index (χ2n) is 6.20. The maximum Gasteiger partial charge on any atom is 0.0731 e. The van der Waals surface area contributed by atoms with Crippen molar-refractivity contribution < 1.29 is 4.74 Å². The van der Waals surface area contributed by atoms with Crippen molar-refractivity contribution in [3.8, 4) is 0 Å². The van der Waals surface area contributed by atoms with Crippen LogP contribution in [-0.2, 0) is 4.74 Å². The van der Waals surface area contributed by atoms with Gasteiger partial charge in [-0.25, -0.2) is 0 Å². The molecule has 0 radical (unpaired) electrons. The number of fused-ring (bicyclic) bond motifs is 1. The highest BCUT2D eigenvalue weighted by atomic mass is 16.5. The van der Waals surface area contributed by atoms with Crippen molar-refractivity contribution in [1.82, 2.24) is 4.90 Å². The van der Waals surface area contributed by atoms with Gasteiger partial charge < -0.3 is 10.5 Å². The molecule has 2 aliphatic carbocycles. The van der Waals surface area contributed by atoms with Crippen LogP contribution in [0.2, 0.25) is 0 Å². The lowest BCUT2D eigenvalue weighted by Crippen LogP contribution is -2.64. The largest absolute Gasteiger partial charge is 0.375 e. The Morgan fingerprint density at radius 3 is 2.88 bits per heavy atom. The zero-order valence-electron chi connectivity index (χ0n) is 11.0. The lowest BCUT2D eigenvalue weighted by atomic mass is 9.84. The molecule has 0 aromatic carbocycles. The van der Waals surface area contributed by atoms with Crippen molar-refractivity contribution in [1.29, 1.82) is 0 Å². The third kappa shape index (κ3) is 1.74. The number of hydrogen-bond donors (Lipinski definition) is 1. The van der Waals surface area contributed by atoms with Crippen molar-refractivity contribution >= 4 is 0 Å². The van der Waals surface area contributed by atoms with Crippen LogP contribution in [0.5, 0.6) is 0 Å². The third-order valence-corrected chi connectivity index (χ3v) is 5.57. The summed E-state index contributed by atoms with van der Waals surface area (Å²) in [6.45, 7) is 5.25. The molecule has 3 rings (SSSR count). The zero-order chi connectivity index (χ0) is 11.9. The lowest BCUT2D eigenvalue weighted by Gasteiger charge is -2.51. The molecule has 3 aliphatic rings. The molecule has 1 heterocycles. The fourth-order valence-corrected chi connectivity index (χ4v) is 4.56. The van der Waals surface area contributed by atoms with Gasteiger partial charge in [-0.1, -0.05) is 13.3 Å². The fourth-order valence-electron chi connectivity index (χ4n) is 4.56. The number of nitrogens with zero attached hydrogens (tertiary/aromatic N) is 1. The molecule has 0 aromatic rings. The van der Waals surface area contributed by atoms with E-state index in [2.05, 4.69) is 11.8 Å². The van der Waals surface area contributed by atoms with Gasteiger partial charge in [0.15, 0.2) is 0 Å². The van der Waals surface area contributed by atoms with Crippen LogP contribution >= 0.6 is 0 Å². The summed E-state index contributed by atoms with van der Waals surface area (Å²) in [5, 5.41) is 0. The van der Waals surface area contributed by atoms with E-state index in [0.29, 0.717) is 12.1 Å². The highest BCUT2D eigenvalue weighted by molar-refractivity contribution is 5.05. The monoisotopic (exact) mass is 238 g/mol. The molecular formula is C14H26N2O. The van der Waals surface area contributed by atoms with E-state index in [1.54, 1.807) is 0 Å². The molecule has 2 N–H and O–H groups in total. The average Bonchev–Trinajstić information content (AvgIpc) is 2.95. The lowest BCUT2D eigenvalue weighted by molar-refractivity contribution is -0.105. The Hall–Kier alpha value is -0.120. The average molecular weight is 238 g/mol. The Morgan fingerprint density at radius 1 is 1.29 bits per heavy atom. The molecule has 0 aromatic heterocycles. The minimum atomic E-state index is 0.289. The second-order valence-corrected chi connectivity index (χ2v) is 6.20. The first-order valence-electron chi connectivity index (χ1n) is 7.36. The minimum absolute atomic E-state index is 0.289. The Kier molecular flexibility index (Phi) is 3.18. The Labute approximate surface area is 105 Å². The second kappa shape index (κ2) is 4.52. The van der Waals surface area contributed by atoms with Gasteiger partial charge in [-0.15, -0.1) is 0 Å². The van der Waals surface area contributed by atoms with E-state index < -0.39 is 0 Å². The summed E-state index contributed by atoms with van der Waals surface area (Å²) in [5.41, 5.74) is 6.48. The van der Waals surface area contributed by atoms with Gasteiger partial charge in [-0.2, -0.15) is 0 Å². The van der Waals surface area contributed by atoms with E-state index in [0.717, 1.165) is 25.6 Å². The highest BCUT2D eigenvalue weighted by Crippen LogP contribution is 2.44. The van der Waals surface area contributed by atoms with Gasteiger partial charge in [0, 0.05) is 24.7 Å². The first-order chi connectivity index (χ1) is 8.28. The van der Waals surface area contributed by atoms with E-state index in [-0.39, 0.29) is 5.54 Å². The summed E-state index contributed by atoms with van der Waals surface area (Å²) in [6.07, 6.45) is 8.42. The van der Waals surface area contributed by atoms with E-state index in [1.165, 1.54) is 38.5 Å². The molecule has 0 amide bonds. The number of morpholine rings is 1. The molecule has 3 nitrogen and oxygen atoms in total. The van der Waals surface area contributed by atoms with E-state index in [9.17, 15) is 0 Å². The molecule has 3 heteroatoms. The molecule has 17 heavy (non-hydrogen) atoms. The van der Waals surface area contributed by atoms with Crippen molar-refractivity contribution in [2.24, 2.45) is 11.7 Å². The summed E-state index contributed by atoms with van der Waals surface area (Å²) in [5.74, 6) is 0.756. The van der Waals surface area contributed by atoms with Gasteiger partial charge in [-0.05, 0) is 38.0 Å². The Balaban J connectivity index is 1.85. The minimum Gasteiger partial charge on any atom is -0.375 e. The first kappa shape index (κ1) is 11.9. The van der Waals surface area contributed by atoms with E-state index in [1.807, 2.05) is 0 Å². The van der Waals surface area contributed by atoms with Gasteiger partial charge in [0.2, 0.25) is 0 Å². The highest BCUT2D eigenvalue weighted by Gasteiger charge is 2.50. The van der Waals surface area contributed by atoms with Crippen LogP contribution in [0.15, 0.2) is 0 Å². The zero-order valence-corrected chi connectivity index (χ0v) is 11.0. The van der Waals surface area contributed by atoms with Crippen molar-refractivity contribution in [3.63, 3.8) is 0 Å². The SMILES string of the molecule is CC1CCCC1(CN)N1CCOC2CCCC21. The number of ether oxygens (including phenoxy) is 1. The van der Waals surface area contributed by atoms with Crippen LogP contribution in [0.4, 0.5) is 0 Å². The summed E-state index contributed by atoms with van der Waals surface area (Å²) >= 11 is 0. The van der Waals surface area contributed by atoms with E-state index in [4.69, 9.17) is 10.5 Å². The molecule has 4 unspecified atom stereocenters. The van der Waals surface area contributed by atoms with Gasteiger partial charge in [0.05, 0.1) is 12.7 Å². The molecule has 4 atom stereocenters. The fraction of sp³-hybridized carbons (Fsp3) is 1.00. The van der Waals surface area contributed by atoms with Crippen LogP contribution in [-0.4, -0.2) is 42.3 Å². The van der Waals surface area contributed by atoms with Crippen LogP contribution in [0.1, 0.15) is 45.4 Å².